The van der Waals surface area contributed by atoms with E-state index in [1.54, 1.807) is 0 Å². The average molecular weight is 439 g/mol. The smallest absolute Gasteiger partial charge is 0.253 e. The maximum atomic E-state index is 12.5. The van der Waals surface area contributed by atoms with Crippen LogP contribution in [0, 0.1) is 0 Å². The van der Waals surface area contributed by atoms with Crippen molar-refractivity contribution in [2.24, 2.45) is 0 Å². The Kier molecular flexibility index (Phi) is 4.92. The number of anilines is 2. The lowest BCUT2D eigenvalue weighted by Gasteiger charge is -2.37. The summed E-state index contributed by atoms with van der Waals surface area (Å²) in [6, 6.07) is 13.4. The topological polar surface area (TPSA) is 49.6 Å². The fourth-order valence-corrected chi connectivity index (χ4v) is 3.95. The number of rotatable bonds is 2. The zero-order chi connectivity index (χ0) is 16.4. The third kappa shape index (κ3) is 3.53. The quantitative estimate of drug-likeness (QED) is 0.726. The van der Waals surface area contributed by atoms with Crippen molar-refractivity contribution in [2.75, 3.05) is 36.8 Å². The van der Waals surface area contributed by atoms with E-state index in [9.17, 15) is 4.79 Å². The number of amides is 1. The minimum Gasteiger partial charge on any atom is -0.396 e. The molecule has 1 aliphatic rings. The highest BCUT2D eigenvalue weighted by Crippen LogP contribution is 2.34. The fourth-order valence-electron chi connectivity index (χ4n) is 2.75. The molecule has 23 heavy (non-hydrogen) atoms. The molecule has 1 saturated heterocycles. The Labute approximate surface area is 152 Å². The lowest BCUT2D eigenvalue weighted by atomic mass is 10.1. The van der Waals surface area contributed by atoms with Crippen LogP contribution in [0.15, 0.2) is 51.4 Å². The van der Waals surface area contributed by atoms with Crippen LogP contribution in [-0.4, -0.2) is 37.0 Å². The van der Waals surface area contributed by atoms with Crippen molar-refractivity contribution in [3.05, 3.63) is 57.0 Å². The summed E-state index contributed by atoms with van der Waals surface area (Å²) in [7, 11) is 0. The van der Waals surface area contributed by atoms with Crippen molar-refractivity contribution in [3.63, 3.8) is 0 Å². The minimum atomic E-state index is 0.0913. The van der Waals surface area contributed by atoms with E-state index in [-0.39, 0.29) is 5.91 Å². The molecule has 1 aliphatic heterocycles. The largest absolute Gasteiger partial charge is 0.396 e. The molecule has 2 aromatic carbocycles. The van der Waals surface area contributed by atoms with Gasteiger partial charge in [-0.3, -0.25) is 4.79 Å². The number of nitrogens with zero attached hydrogens (tertiary/aromatic N) is 2. The fraction of sp³-hybridized carbons (Fsp3) is 0.235. The Morgan fingerprint density at radius 3 is 2.30 bits per heavy atom. The Morgan fingerprint density at radius 2 is 1.65 bits per heavy atom. The van der Waals surface area contributed by atoms with Gasteiger partial charge in [0.15, 0.2) is 0 Å². The van der Waals surface area contributed by atoms with Crippen molar-refractivity contribution < 1.29 is 4.79 Å². The third-order valence-corrected chi connectivity index (χ3v) is 5.11. The van der Waals surface area contributed by atoms with E-state index >= 15 is 0 Å². The van der Waals surface area contributed by atoms with E-state index < -0.39 is 0 Å². The van der Waals surface area contributed by atoms with Crippen LogP contribution in [0.25, 0.3) is 0 Å². The number of carbonyl (C=O) groups is 1. The molecule has 0 aliphatic carbocycles. The monoisotopic (exact) mass is 437 g/mol. The van der Waals surface area contributed by atoms with E-state index in [0.717, 1.165) is 39.0 Å². The molecule has 0 aromatic heterocycles. The summed E-state index contributed by atoms with van der Waals surface area (Å²) >= 11 is 6.99. The van der Waals surface area contributed by atoms with Gasteiger partial charge in [-0.2, -0.15) is 0 Å². The van der Waals surface area contributed by atoms with Crippen LogP contribution < -0.4 is 10.6 Å². The molecular weight excluding hydrogens is 422 g/mol. The second-order valence-electron chi connectivity index (χ2n) is 5.47. The summed E-state index contributed by atoms with van der Waals surface area (Å²) in [5.41, 5.74) is 8.65. The van der Waals surface area contributed by atoms with Gasteiger partial charge in [0.25, 0.3) is 5.91 Å². The highest BCUT2D eigenvalue weighted by molar-refractivity contribution is 9.11. The van der Waals surface area contributed by atoms with E-state index in [4.69, 9.17) is 5.73 Å². The molecule has 120 valence electrons. The van der Waals surface area contributed by atoms with Crippen molar-refractivity contribution in [3.8, 4) is 0 Å². The first kappa shape index (κ1) is 16.3. The second kappa shape index (κ2) is 6.93. The van der Waals surface area contributed by atoms with Gasteiger partial charge < -0.3 is 15.5 Å². The zero-order valence-corrected chi connectivity index (χ0v) is 15.7. The van der Waals surface area contributed by atoms with Crippen molar-refractivity contribution >= 4 is 49.1 Å². The van der Waals surface area contributed by atoms with Gasteiger partial charge in [0.1, 0.15) is 0 Å². The lowest BCUT2D eigenvalue weighted by molar-refractivity contribution is 0.0747. The van der Waals surface area contributed by atoms with Crippen LogP contribution in [0.2, 0.25) is 0 Å². The summed E-state index contributed by atoms with van der Waals surface area (Å²) in [5.74, 6) is 0.0913. The predicted molar refractivity (Wildman–Crippen MR) is 101 cm³/mol. The number of nitrogens with two attached hydrogens (primary N) is 1. The molecule has 2 aromatic rings. The number of carbonyl (C=O) groups excluding carboxylic acids is 1. The standard InChI is InChI=1S/C17H17Br2N3O/c18-13-10-14(19)16(20)15(11-13)21-6-8-22(9-7-21)17(23)12-4-2-1-3-5-12/h1-5,10-11H,6-9,20H2. The maximum absolute atomic E-state index is 12.5. The van der Waals surface area contributed by atoms with E-state index in [1.165, 1.54) is 0 Å². The molecule has 2 N–H and O–H groups in total. The molecule has 1 fully saturated rings. The lowest BCUT2D eigenvalue weighted by Crippen LogP contribution is -2.49. The van der Waals surface area contributed by atoms with Crippen LogP contribution >= 0.6 is 31.9 Å². The molecule has 0 saturated carbocycles. The van der Waals surface area contributed by atoms with Gasteiger partial charge in [0.05, 0.1) is 11.4 Å². The van der Waals surface area contributed by atoms with E-state index in [0.29, 0.717) is 13.1 Å². The number of hydrogen-bond acceptors (Lipinski definition) is 3. The van der Waals surface area contributed by atoms with Crippen LogP contribution in [0.1, 0.15) is 10.4 Å². The first-order valence-corrected chi connectivity index (χ1v) is 8.98. The Bertz CT molecular complexity index is 713. The van der Waals surface area contributed by atoms with Gasteiger partial charge in [-0.1, -0.05) is 34.1 Å². The van der Waals surface area contributed by atoms with Crippen LogP contribution in [0.3, 0.4) is 0 Å². The second-order valence-corrected chi connectivity index (χ2v) is 7.24. The van der Waals surface area contributed by atoms with Crippen molar-refractivity contribution in [2.45, 2.75) is 0 Å². The zero-order valence-electron chi connectivity index (χ0n) is 12.5. The number of piperazine rings is 1. The van der Waals surface area contributed by atoms with Crippen molar-refractivity contribution in [1.82, 2.24) is 4.90 Å². The van der Waals surface area contributed by atoms with E-state index in [1.807, 2.05) is 47.4 Å². The van der Waals surface area contributed by atoms with Gasteiger partial charge >= 0.3 is 0 Å². The molecule has 0 atom stereocenters. The Balaban J connectivity index is 1.71. The van der Waals surface area contributed by atoms with Gasteiger partial charge in [0, 0.05) is 40.7 Å². The molecule has 1 heterocycles. The molecular formula is C17H17Br2N3O. The highest BCUT2D eigenvalue weighted by atomic mass is 79.9. The average Bonchev–Trinajstić information content (AvgIpc) is 2.58. The van der Waals surface area contributed by atoms with Crippen molar-refractivity contribution in [1.29, 1.82) is 0 Å². The first-order valence-electron chi connectivity index (χ1n) is 7.40. The third-order valence-electron chi connectivity index (χ3n) is 4.00. The SMILES string of the molecule is Nc1c(Br)cc(Br)cc1N1CCN(C(=O)c2ccccc2)CC1. The summed E-state index contributed by atoms with van der Waals surface area (Å²) < 4.78 is 1.86. The summed E-state index contributed by atoms with van der Waals surface area (Å²) in [4.78, 5) is 16.6. The molecule has 0 spiro atoms. The summed E-state index contributed by atoms with van der Waals surface area (Å²) in [6.45, 7) is 2.92. The molecule has 4 nitrogen and oxygen atoms in total. The van der Waals surface area contributed by atoms with Crippen LogP contribution in [0.4, 0.5) is 11.4 Å². The minimum absolute atomic E-state index is 0.0913. The highest BCUT2D eigenvalue weighted by Gasteiger charge is 2.23. The van der Waals surface area contributed by atoms with Gasteiger partial charge in [-0.05, 0) is 40.2 Å². The van der Waals surface area contributed by atoms with Gasteiger partial charge in [-0.25, -0.2) is 0 Å². The molecule has 6 heteroatoms. The first-order chi connectivity index (χ1) is 11.1. The molecule has 0 bridgehead atoms. The molecule has 1 amide bonds. The summed E-state index contributed by atoms with van der Waals surface area (Å²) in [6.07, 6.45) is 0. The number of hydrogen-bond donors (Lipinski definition) is 1. The molecule has 0 radical (unpaired) electrons. The van der Waals surface area contributed by atoms with Crippen LogP contribution in [-0.2, 0) is 0 Å². The predicted octanol–water partition coefficient (Wildman–Crippen LogP) is 3.76. The van der Waals surface area contributed by atoms with E-state index in [2.05, 4.69) is 36.8 Å². The number of benzene rings is 2. The normalized spacial score (nSPS) is 14.9. The Morgan fingerprint density at radius 1 is 1.00 bits per heavy atom. The number of halogens is 2. The molecule has 3 rings (SSSR count). The van der Waals surface area contributed by atoms with Crippen LogP contribution in [0.5, 0.6) is 0 Å². The summed E-state index contributed by atoms with van der Waals surface area (Å²) in [5, 5.41) is 0. The number of nitrogen functional groups attached to an aromatic ring is 1. The Hall–Kier alpha value is -1.53. The maximum Gasteiger partial charge on any atom is 0.253 e. The van der Waals surface area contributed by atoms with Gasteiger partial charge in [-0.15, -0.1) is 0 Å². The molecule has 0 unspecified atom stereocenters. The van der Waals surface area contributed by atoms with Gasteiger partial charge in [0.2, 0.25) is 0 Å².